The molecule has 110 valence electrons. The first kappa shape index (κ1) is 14.2. The molecule has 0 bridgehead atoms. The van der Waals surface area contributed by atoms with Crippen molar-refractivity contribution in [2.24, 2.45) is 11.7 Å². The van der Waals surface area contributed by atoms with E-state index in [4.69, 9.17) is 10.5 Å². The number of rotatable bonds is 6. The molecule has 1 saturated carbocycles. The molecule has 3 rings (SSSR count). The van der Waals surface area contributed by atoms with E-state index in [-0.39, 0.29) is 6.04 Å². The Bertz CT molecular complexity index is 588. The predicted molar refractivity (Wildman–Crippen MR) is 87.5 cm³/mol. The van der Waals surface area contributed by atoms with Crippen LogP contribution < -0.4 is 10.5 Å². The molecule has 1 aliphatic rings. The van der Waals surface area contributed by atoms with Crippen LogP contribution in [-0.2, 0) is 6.42 Å². The van der Waals surface area contributed by atoms with Gasteiger partial charge in [0.1, 0.15) is 5.75 Å². The zero-order chi connectivity index (χ0) is 14.7. The molecular weight excluding hydrogens is 258 g/mol. The minimum atomic E-state index is 0.173. The van der Waals surface area contributed by atoms with Crippen molar-refractivity contribution in [3.8, 4) is 16.9 Å². The molecule has 0 spiro atoms. The summed E-state index contributed by atoms with van der Waals surface area (Å²) in [6.45, 7) is 2.88. The average Bonchev–Trinajstić information content (AvgIpc) is 3.30. The van der Waals surface area contributed by atoms with E-state index in [1.54, 1.807) is 0 Å². The van der Waals surface area contributed by atoms with Gasteiger partial charge in [0.05, 0.1) is 6.61 Å². The van der Waals surface area contributed by atoms with Crippen molar-refractivity contribution in [1.29, 1.82) is 0 Å². The van der Waals surface area contributed by atoms with Gasteiger partial charge in [0.25, 0.3) is 0 Å². The molecule has 0 heterocycles. The predicted octanol–water partition coefficient (Wildman–Crippen LogP) is 4.03. The van der Waals surface area contributed by atoms with Crippen molar-refractivity contribution in [2.75, 3.05) is 6.61 Å². The summed E-state index contributed by atoms with van der Waals surface area (Å²) in [5.41, 5.74) is 9.57. The summed E-state index contributed by atoms with van der Waals surface area (Å²) in [5, 5.41) is 0. The van der Waals surface area contributed by atoms with E-state index >= 15 is 0 Å². The third kappa shape index (κ3) is 3.85. The Morgan fingerprint density at radius 3 is 2.57 bits per heavy atom. The van der Waals surface area contributed by atoms with E-state index in [1.165, 1.54) is 29.5 Å². The van der Waals surface area contributed by atoms with Crippen molar-refractivity contribution >= 4 is 0 Å². The summed E-state index contributed by atoms with van der Waals surface area (Å²) in [5.74, 6) is 1.75. The first-order chi connectivity index (χ1) is 10.2. The molecule has 21 heavy (non-hydrogen) atoms. The normalized spacial score (nSPS) is 15.7. The van der Waals surface area contributed by atoms with E-state index in [9.17, 15) is 0 Å². The second-order valence-corrected chi connectivity index (χ2v) is 6.13. The van der Waals surface area contributed by atoms with E-state index < -0.39 is 0 Å². The van der Waals surface area contributed by atoms with E-state index in [0.29, 0.717) is 0 Å². The first-order valence-corrected chi connectivity index (χ1v) is 7.79. The zero-order valence-electron chi connectivity index (χ0n) is 12.6. The summed E-state index contributed by atoms with van der Waals surface area (Å²) in [4.78, 5) is 0. The maximum absolute atomic E-state index is 6.04. The van der Waals surface area contributed by atoms with Gasteiger partial charge >= 0.3 is 0 Å². The van der Waals surface area contributed by atoms with Crippen LogP contribution in [0.15, 0.2) is 48.5 Å². The molecule has 1 fully saturated rings. The molecule has 2 aromatic rings. The molecule has 2 N–H and O–H groups in total. The molecule has 1 unspecified atom stereocenters. The van der Waals surface area contributed by atoms with Crippen molar-refractivity contribution in [3.05, 3.63) is 54.1 Å². The minimum Gasteiger partial charge on any atom is -0.493 e. The number of benzene rings is 2. The van der Waals surface area contributed by atoms with Gasteiger partial charge in [-0.25, -0.2) is 0 Å². The fraction of sp³-hybridized carbons (Fsp3) is 0.368. The van der Waals surface area contributed by atoms with Crippen LogP contribution >= 0.6 is 0 Å². The summed E-state index contributed by atoms with van der Waals surface area (Å²) >= 11 is 0. The van der Waals surface area contributed by atoms with Gasteiger partial charge in [-0.2, -0.15) is 0 Å². The van der Waals surface area contributed by atoms with Gasteiger partial charge in [-0.1, -0.05) is 36.4 Å². The highest BCUT2D eigenvalue weighted by molar-refractivity contribution is 5.71. The molecular formula is C19H23NO. The molecule has 0 amide bonds. The Morgan fingerprint density at radius 2 is 1.90 bits per heavy atom. The standard InChI is InChI=1S/C19H23NO/c1-14(20)11-16-9-10-19(21-13-15-7-8-15)18(12-16)17-5-3-2-4-6-17/h2-6,9-10,12,14-15H,7-8,11,13,20H2,1H3. The SMILES string of the molecule is CC(N)Cc1ccc(OCC2CC2)c(-c2ccccc2)c1. The van der Waals surface area contributed by atoms with Gasteiger partial charge in [0.2, 0.25) is 0 Å². The van der Waals surface area contributed by atoms with Crippen molar-refractivity contribution in [1.82, 2.24) is 0 Å². The van der Waals surface area contributed by atoms with Crippen LogP contribution in [0, 0.1) is 5.92 Å². The lowest BCUT2D eigenvalue weighted by Gasteiger charge is -2.14. The summed E-state index contributed by atoms with van der Waals surface area (Å²) in [7, 11) is 0. The monoisotopic (exact) mass is 281 g/mol. The van der Waals surface area contributed by atoms with Gasteiger partial charge in [-0.3, -0.25) is 0 Å². The van der Waals surface area contributed by atoms with Gasteiger partial charge < -0.3 is 10.5 Å². The fourth-order valence-electron chi connectivity index (χ4n) is 2.54. The second-order valence-electron chi connectivity index (χ2n) is 6.13. The lowest BCUT2D eigenvalue weighted by Crippen LogP contribution is -2.17. The maximum Gasteiger partial charge on any atom is 0.127 e. The molecule has 0 aromatic heterocycles. The Kier molecular flexibility index (Phi) is 4.26. The van der Waals surface area contributed by atoms with Crippen LogP contribution in [0.3, 0.4) is 0 Å². The number of hydrogen-bond donors (Lipinski definition) is 1. The highest BCUT2D eigenvalue weighted by Gasteiger charge is 2.22. The Hall–Kier alpha value is -1.80. The number of nitrogens with two attached hydrogens (primary N) is 1. The summed E-state index contributed by atoms with van der Waals surface area (Å²) in [6.07, 6.45) is 3.51. The average molecular weight is 281 g/mol. The fourth-order valence-corrected chi connectivity index (χ4v) is 2.54. The molecule has 2 aromatic carbocycles. The Balaban J connectivity index is 1.90. The lowest BCUT2D eigenvalue weighted by molar-refractivity contribution is 0.301. The molecule has 0 aliphatic heterocycles. The highest BCUT2D eigenvalue weighted by Crippen LogP contribution is 2.34. The molecule has 1 atom stereocenters. The quantitative estimate of drug-likeness (QED) is 0.867. The second kappa shape index (κ2) is 6.31. The van der Waals surface area contributed by atoms with Crippen LogP contribution in [0.5, 0.6) is 5.75 Å². The molecule has 2 heteroatoms. The minimum absolute atomic E-state index is 0.173. The number of ether oxygens (including phenoxy) is 1. The summed E-state index contributed by atoms with van der Waals surface area (Å²) in [6, 6.07) is 17.1. The van der Waals surface area contributed by atoms with Crippen LogP contribution in [0.1, 0.15) is 25.3 Å². The zero-order valence-corrected chi connectivity index (χ0v) is 12.6. The van der Waals surface area contributed by atoms with Gasteiger partial charge in [-0.15, -0.1) is 0 Å². The van der Waals surface area contributed by atoms with E-state index in [0.717, 1.165) is 24.7 Å². The van der Waals surface area contributed by atoms with Crippen LogP contribution in [-0.4, -0.2) is 12.6 Å². The molecule has 0 saturated heterocycles. The largest absolute Gasteiger partial charge is 0.493 e. The van der Waals surface area contributed by atoms with Crippen molar-refractivity contribution < 1.29 is 4.74 Å². The Labute approximate surface area is 126 Å². The number of hydrogen-bond acceptors (Lipinski definition) is 2. The highest BCUT2D eigenvalue weighted by atomic mass is 16.5. The summed E-state index contributed by atoms with van der Waals surface area (Å²) < 4.78 is 6.04. The Morgan fingerprint density at radius 1 is 1.14 bits per heavy atom. The smallest absolute Gasteiger partial charge is 0.127 e. The van der Waals surface area contributed by atoms with Gasteiger partial charge in [0, 0.05) is 11.6 Å². The third-order valence-corrected chi connectivity index (χ3v) is 3.86. The molecule has 1 aliphatic carbocycles. The van der Waals surface area contributed by atoms with Gasteiger partial charge in [-0.05, 0) is 55.4 Å². The van der Waals surface area contributed by atoms with E-state index in [1.807, 2.05) is 13.0 Å². The van der Waals surface area contributed by atoms with Crippen LogP contribution in [0.2, 0.25) is 0 Å². The van der Waals surface area contributed by atoms with Crippen LogP contribution in [0.4, 0.5) is 0 Å². The molecule has 0 radical (unpaired) electrons. The lowest BCUT2D eigenvalue weighted by atomic mass is 9.99. The first-order valence-electron chi connectivity index (χ1n) is 7.79. The third-order valence-electron chi connectivity index (χ3n) is 3.86. The van der Waals surface area contributed by atoms with Crippen molar-refractivity contribution in [2.45, 2.75) is 32.2 Å². The van der Waals surface area contributed by atoms with Crippen LogP contribution in [0.25, 0.3) is 11.1 Å². The maximum atomic E-state index is 6.04. The molecule has 2 nitrogen and oxygen atoms in total. The topological polar surface area (TPSA) is 35.2 Å². The van der Waals surface area contributed by atoms with Gasteiger partial charge in [0.15, 0.2) is 0 Å². The van der Waals surface area contributed by atoms with E-state index in [2.05, 4.69) is 42.5 Å². The van der Waals surface area contributed by atoms with Crippen molar-refractivity contribution in [3.63, 3.8) is 0 Å².